The molecular weight excluding hydrogens is 324 g/mol. The minimum atomic E-state index is 0.0644. The number of carbonyl (C=O) groups is 2. The zero-order valence-corrected chi connectivity index (χ0v) is 17.2. The summed E-state index contributed by atoms with van der Waals surface area (Å²) in [6.07, 6.45) is 12.7. The summed E-state index contributed by atoms with van der Waals surface area (Å²) in [7, 11) is 1.00. The lowest BCUT2D eigenvalue weighted by molar-refractivity contribution is -0.116. The molecule has 0 radical (unpaired) electrons. The van der Waals surface area contributed by atoms with Gasteiger partial charge in [-0.05, 0) is 59.0 Å². The maximum atomic E-state index is 12.5. The Hall–Kier alpha value is -1.74. The first-order valence-electron chi connectivity index (χ1n) is 9.65. The fourth-order valence-corrected chi connectivity index (χ4v) is 3.40. The summed E-state index contributed by atoms with van der Waals surface area (Å²) in [5.74, 6) is 0.301. The van der Waals surface area contributed by atoms with E-state index in [4.69, 9.17) is 5.11 Å². The lowest BCUT2D eigenvalue weighted by atomic mass is 9.77. The zero-order chi connectivity index (χ0) is 20.1. The Bertz CT molecular complexity index is 576. The van der Waals surface area contributed by atoms with Crippen LogP contribution in [-0.4, -0.2) is 23.8 Å². The average molecular weight is 361 g/mol. The molecule has 0 saturated carbocycles. The summed E-state index contributed by atoms with van der Waals surface area (Å²) in [6, 6.07) is 0. The van der Waals surface area contributed by atoms with Crippen LogP contribution in [0.5, 0.6) is 0 Å². The Kier molecular flexibility index (Phi) is 12.6. The second kappa shape index (κ2) is 13.5. The van der Waals surface area contributed by atoms with Gasteiger partial charge in [-0.25, -0.2) is 0 Å². The molecule has 0 aromatic carbocycles. The van der Waals surface area contributed by atoms with Crippen molar-refractivity contribution in [2.75, 3.05) is 7.11 Å². The van der Waals surface area contributed by atoms with Crippen LogP contribution in [0.3, 0.4) is 0 Å². The highest BCUT2D eigenvalue weighted by Crippen LogP contribution is 2.34. The molecule has 2 aliphatic carbocycles. The predicted octanol–water partition coefficient (Wildman–Crippen LogP) is 5.51. The van der Waals surface area contributed by atoms with Crippen molar-refractivity contribution in [3.05, 3.63) is 47.1 Å². The summed E-state index contributed by atoms with van der Waals surface area (Å²) >= 11 is 0. The van der Waals surface area contributed by atoms with Gasteiger partial charge in [-0.3, -0.25) is 9.59 Å². The van der Waals surface area contributed by atoms with Crippen molar-refractivity contribution in [1.82, 2.24) is 0 Å². The third kappa shape index (κ3) is 7.25. The molecule has 26 heavy (non-hydrogen) atoms. The molecular formula is C23H36O3. The highest BCUT2D eigenvalue weighted by atomic mass is 16.2. The Balaban J connectivity index is 0.00000113. The van der Waals surface area contributed by atoms with E-state index in [1.54, 1.807) is 12.2 Å². The van der Waals surface area contributed by atoms with Crippen molar-refractivity contribution in [2.24, 2.45) is 5.92 Å². The first-order chi connectivity index (χ1) is 12.5. The van der Waals surface area contributed by atoms with E-state index in [0.29, 0.717) is 11.1 Å². The van der Waals surface area contributed by atoms with E-state index in [0.717, 1.165) is 57.6 Å². The highest BCUT2D eigenvalue weighted by molar-refractivity contribution is 6.22. The van der Waals surface area contributed by atoms with Crippen LogP contribution in [0.15, 0.2) is 47.1 Å². The number of hydrogen-bond donors (Lipinski definition) is 1. The van der Waals surface area contributed by atoms with Crippen molar-refractivity contribution in [3.63, 3.8) is 0 Å². The largest absolute Gasteiger partial charge is 0.400 e. The van der Waals surface area contributed by atoms with Gasteiger partial charge in [-0.1, -0.05) is 37.5 Å². The molecule has 146 valence electrons. The number of ketones is 2. The molecule has 0 aliphatic heterocycles. The summed E-state index contributed by atoms with van der Waals surface area (Å²) in [6.45, 7) is 11.3. The fourth-order valence-electron chi connectivity index (χ4n) is 3.40. The van der Waals surface area contributed by atoms with Crippen LogP contribution in [0, 0.1) is 5.92 Å². The predicted molar refractivity (Wildman–Crippen MR) is 110 cm³/mol. The number of rotatable bonds is 5. The van der Waals surface area contributed by atoms with Gasteiger partial charge in [0.05, 0.1) is 0 Å². The van der Waals surface area contributed by atoms with Crippen LogP contribution in [0.1, 0.15) is 72.6 Å². The third-order valence-corrected chi connectivity index (χ3v) is 4.60. The van der Waals surface area contributed by atoms with E-state index in [-0.39, 0.29) is 17.5 Å². The molecule has 0 saturated heterocycles. The number of unbranched alkanes of at least 4 members (excludes halogenated alkanes) is 2. The van der Waals surface area contributed by atoms with Gasteiger partial charge < -0.3 is 5.11 Å². The van der Waals surface area contributed by atoms with Gasteiger partial charge in [0.25, 0.3) is 0 Å². The van der Waals surface area contributed by atoms with Gasteiger partial charge in [-0.15, -0.1) is 6.58 Å². The summed E-state index contributed by atoms with van der Waals surface area (Å²) in [5, 5.41) is 7.00. The maximum Gasteiger partial charge on any atom is 0.185 e. The zero-order valence-electron chi connectivity index (χ0n) is 17.2. The van der Waals surface area contributed by atoms with Crippen LogP contribution < -0.4 is 0 Å². The number of aliphatic hydroxyl groups excluding tert-OH is 1. The number of Topliss-reactive ketones (excluding diaryl/α,β-unsaturated/α-hetero) is 1. The van der Waals surface area contributed by atoms with E-state index in [9.17, 15) is 9.59 Å². The van der Waals surface area contributed by atoms with Gasteiger partial charge in [0.15, 0.2) is 11.6 Å². The second-order valence-electron chi connectivity index (χ2n) is 6.78. The molecule has 3 heteroatoms. The van der Waals surface area contributed by atoms with Crippen LogP contribution >= 0.6 is 0 Å². The Morgan fingerprint density at radius 2 is 1.85 bits per heavy atom. The van der Waals surface area contributed by atoms with E-state index < -0.39 is 0 Å². The molecule has 0 fully saturated rings. The maximum absolute atomic E-state index is 12.5. The molecule has 1 atom stereocenters. The Morgan fingerprint density at radius 3 is 2.38 bits per heavy atom. The molecule has 3 nitrogen and oxygen atoms in total. The van der Waals surface area contributed by atoms with Crippen molar-refractivity contribution < 1.29 is 14.7 Å². The number of carbonyl (C=O) groups excluding carboxylic acids is 2. The molecule has 0 heterocycles. The topological polar surface area (TPSA) is 54.4 Å². The standard InChI is InChI=1S/C19H26O2.C3H6.CH4O/c1-4-5-6-9-16-12-17(20)18(14(3)19(16)21)15-10-7-8-13(2)11-15;1-3-2;1-2/h11-12,15H,4-10H2,1-3H3;3H,1H2,2H3;2H,1H3. The number of allylic oxidation sites excluding steroid dienone is 7. The summed E-state index contributed by atoms with van der Waals surface area (Å²) < 4.78 is 0. The molecule has 0 bridgehead atoms. The lowest BCUT2D eigenvalue weighted by Crippen LogP contribution is -2.23. The molecule has 1 unspecified atom stereocenters. The number of aliphatic hydroxyl groups is 1. The smallest absolute Gasteiger partial charge is 0.185 e. The van der Waals surface area contributed by atoms with Crippen LogP contribution in [0.2, 0.25) is 0 Å². The molecule has 0 aromatic rings. The Labute approximate surface area is 159 Å². The van der Waals surface area contributed by atoms with Crippen LogP contribution in [0.25, 0.3) is 0 Å². The molecule has 2 rings (SSSR count). The Morgan fingerprint density at radius 1 is 1.23 bits per heavy atom. The van der Waals surface area contributed by atoms with E-state index >= 15 is 0 Å². The van der Waals surface area contributed by atoms with Crippen LogP contribution in [0.4, 0.5) is 0 Å². The highest BCUT2D eigenvalue weighted by Gasteiger charge is 2.30. The SMILES string of the molecule is C=CC.CCCCCC1=CC(=O)C(C2C=C(C)CCC2)=C(C)C1=O.CO. The first kappa shape index (κ1) is 24.3. The van der Waals surface area contributed by atoms with Crippen molar-refractivity contribution in [2.45, 2.75) is 72.6 Å². The van der Waals surface area contributed by atoms with Gasteiger partial charge in [0.2, 0.25) is 0 Å². The normalized spacial score (nSPS) is 19.5. The van der Waals surface area contributed by atoms with Gasteiger partial charge >= 0.3 is 0 Å². The van der Waals surface area contributed by atoms with Crippen molar-refractivity contribution >= 4 is 11.6 Å². The lowest BCUT2D eigenvalue weighted by Gasteiger charge is -2.25. The minimum Gasteiger partial charge on any atom is -0.400 e. The van der Waals surface area contributed by atoms with E-state index in [1.165, 1.54) is 5.57 Å². The van der Waals surface area contributed by atoms with E-state index in [1.807, 2.05) is 13.8 Å². The first-order valence-corrected chi connectivity index (χ1v) is 9.65. The molecule has 0 amide bonds. The molecule has 0 aromatic heterocycles. The van der Waals surface area contributed by atoms with Crippen molar-refractivity contribution in [3.8, 4) is 0 Å². The average Bonchev–Trinajstić information content (AvgIpc) is 2.62. The molecule has 2 aliphatic rings. The van der Waals surface area contributed by atoms with Gasteiger partial charge in [0.1, 0.15) is 0 Å². The van der Waals surface area contributed by atoms with Gasteiger partial charge in [0, 0.05) is 29.7 Å². The summed E-state index contributed by atoms with van der Waals surface area (Å²) in [4.78, 5) is 25.0. The minimum absolute atomic E-state index is 0.0644. The quantitative estimate of drug-likeness (QED) is 0.399. The summed E-state index contributed by atoms with van der Waals surface area (Å²) in [5.41, 5.74) is 3.49. The number of hydrogen-bond acceptors (Lipinski definition) is 3. The monoisotopic (exact) mass is 360 g/mol. The molecule has 1 N–H and O–H groups in total. The second-order valence-corrected chi connectivity index (χ2v) is 6.78. The van der Waals surface area contributed by atoms with E-state index in [2.05, 4.69) is 26.5 Å². The fraction of sp³-hybridized carbons (Fsp3) is 0.565. The van der Waals surface area contributed by atoms with Crippen molar-refractivity contribution in [1.29, 1.82) is 0 Å². The van der Waals surface area contributed by atoms with Gasteiger partial charge in [-0.2, -0.15) is 0 Å². The third-order valence-electron chi connectivity index (χ3n) is 4.60. The van der Waals surface area contributed by atoms with Crippen LogP contribution in [-0.2, 0) is 9.59 Å². The molecule has 0 spiro atoms.